The molecule has 0 saturated carbocycles. The topological polar surface area (TPSA) is 15.8 Å². The van der Waals surface area contributed by atoms with Crippen LogP contribution in [0.25, 0.3) is 21.8 Å². The molecular weight excluding hydrogens is 290 g/mol. The summed E-state index contributed by atoms with van der Waals surface area (Å²) >= 11 is 0. The van der Waals surface area contributed by atoms with Crippen LogP contribution in [0.15, 0.2) is 61.2 Å². The summed E-state index contributed by atoms with van der Waals surface area (Å²) in [6.07, 6.45) is 13.0. The minimum absolute atomic E-state index is 1.20. The van der Waals surface area contributed by atoms with Crippen LogP contribution in [-0.2, 0) is 0 Å². The smallest absolute Gasteiger partial charge is 0.0464 e. The highest BCUT2D eigenvalue weighted by molar-refractivity contribution is 6.06. The van der Waals surface area contributed by atoms with Crippen molar-refractivity contribution in [1.29, 1.82) is 0 Å². The Hall–Kier alpha value is -2.02. The van der Waals surface area contributed by atoms with Crippen molar-refractivity contribution in [2.24, 2.45) is 0 Å². The fourth-order valence-electron chi connectivity index (χ4n) is 3.04. The first kappa shape index (κ1) is 18.3. The predicted octanol–water partition coefficient (Wildman–Crippen LogP) is 7.63. The van der Waals surface area contributed by atoms with Crippen LogP contribution in [0.3, 0.4) is 0 Å². The van der Waals surface area contributed by atoms with Gasteiger partial charge in [0.1, 0.15) is 0 Å². The Kier molecular flexibility index (Phi) is 8.17. The van der Waals surface area contributed by atoms with Crippen LogP contribution in [0.4, 0.5) is 0 Å². The number of aromatic nitrogens is 1. The molecule has 1 heteroatoms. The van der Waals surface area contributed by atoms with Gasteiger partial charge in [-0.1, -0.05) is 87.9 Å². The molecule has 0 bridgehead atoms. The normalized spacial score (nSPS) is 10.5. The van der Waals surface area contributed by atoms with Crippen molar-refractivity contribution in [1.82, 2.24) is 4.98 Å². The molecule has 0 aliphatic heterocycles. The van der Waals surface area contributed by atoms with Gasteiger partial charge in [0.05, 0.1) is 0 Å². The molecule has 0 amide bonds. The van der Waals surface area contributed by atoms with E-state index in [0.29, 0.717) is 0 Å². The van der Waals surface area contributed by atoms with Gasteiger partial charge in [0, 0.05) is 21.8 Å². The van der Waals surface area contributed by atoms with Gasteiger partial charge >= 0.3 is 0 Å². The number of unbranched alkanes of at least 4 members (excludes halogenated alkanes) is 7. The lowest BCUT2D eigenvalue weighted by Crippen LogP contribution is -1.78. The Morgan fingerprint density at radius 1 is 0.750 bits per heavy atom. The molecule has 1 aromatic heterocycles. The van der Waals surface area contributed by atoms with Gasteiger partial charge in [-0.3, -0.25) is 0 Å². The van der Waals surface area contributed by atoms with E-state index in [1.807, 2.05) is 6.08 Å². The first-order valence-electron chi connectivity index (χ1n) is 9.43. The minimum atomic E-state index is 1.20. The quantitative estimate of drug-likeness (QED) is 0.324. The summed E-state index contributed by atoms with van der Waals surface area (Å²) in [6, 6.07) is 16.8. The van der Waals surface area contributed by atoms with Crippen LogP contribution in [-0.4, -0.2) is 4.98 Å². The van der Waals surface area contributed by atoms with E-state index in [-0.39, 0.29) is 0 Å². The van der Waals surface area contributed by atoms with Crippen molar-refractivity contribution in [2.75, 3.05) is 0 Å². The van der Waals surface area contributed by atoms with E-state index in [1.165, 1.54) is 73.2 Å². The number of hydrogen-bond acceptors (Lipinski definition) is 0. The molecule has 3 aromatic rings. The number of H-pyrrole nitrogens is 1. The summed E-state index contributed by atoms with van der Waals surface area (Å²) < 4.78 is 0. The largest absolute Gasteiger partial charge is 0.355 e. The molecule has 1 nitrogen and oxygen atoms in total. The zero-order valence-corrected chi connectivity index (χ0v) is 15.1. The van der Waals surface area contributed by atoms with Crippen molar-refractivity contribution in [3.05, 3.63) is 61.2 Å². The zero-order valence-electron chi connectivity index (χ0n) is 15.1. The molecule has 128 valence electrons. The Bertz CT molecular complexity index is 673. The van der Waals surface area contributed by atoms with Gasteiger partial charge in [-0.05, 0) is 25.0 Å². The SMILES string of the molecule is C=CCCCCCCCCC.c1ccc2c(c1)[nH]c1ccccc12. The Morgan fingerprint density at radius 2 is 1.25 bits per heavy atom. The van der Waals surface area contributed by atoms with Gasteiger partial charge in [0.2, 0.25) is 0 Å². The summed E-state index contributed by atoms with van der Waals surface area (Å²) in [5.41, 5.74) is 2.42. The van der Waals surface area contributed by atoms with E-state index in [9.17, 15) is 0 Å². The van der Waals surface area contributed by atoms with E-state index in [4.69, 9.17) is 0 Å². The lowest BCUT2D eigenvalue weighted by molar-refractivity contribution is 0.592. The van der Waals surface area contributed by atoms with Crippen LogP contribution >= 0.6 is 0 Å². The first-order chi connectivity index (χ1) is 11.9. The number of nitrogens with one attached hydrogen (secondary N) is 1. The molecule has 1 N–H and O–H groups in total. The summed E-state index contributed by atoms with van der Waals surface area (Å²) in [6.45, 7) is 5.97. The van der Waals surface area contributed by atoms with E-state index < -0.39 is 0 Å². The van der Waals surface area contributed by atoms with Crippen LogP contribution in [0.1, 0.15) is 58.3 Å². The van der Waals surface area contributed by atoms with Gasteiger partial charge in [0.25, 0.3) is 0 Å². The second-order valence-electron chi connectivity index (χ2n) is 6.41. The maximum absolute atomic E-state index is 3.71. The fourth-order valence-corrected chi connectivity index (χ4v) is 3.04. The van der Waals surface area contributed by atoms with Gasteiger partial charge in [-0.2, -0.15) is 0 Å². The number of rotatable bonds is 8. The highest BCUT2D eigenvalue weighted by Gasteiger charge is 2.00. The van der Waals surface area contributed by atoms with Gasteiger partial charge in [-0.15, -0.1) is 6.58 Å². The maximum atomic E-state index is 3.71. The number of benzene rings is 2. The van der Waals surface area contributed by atoms with Crippen LogP contribution in [0.5, 0.6) is 0 Å². The molecular formula is C23H31N. The monoisotopic (exact) mass is 321 g/mol. The second-order valence-corrected chi connectivity index (χ2v) is 6.41. The third-order valence-electron chi connectivity index (χ3n) is 4.43. The van der Waals surface area contributed by atoms with Crippen molar-refractivity contribution in [3.8, 4) is 0 Å². The number of hydrogen-bond donors (Lipinski definition) is 1. The van der Waals surface area contributed by atoms with E-state index in [2.05, 4.69) is 67.0 Å². The van der Waals surface area contributed by atoms with Gasteiger partial charge in [-0.25, -0.2) is 0 Å². The number of para-hydroxylation sites is 2. The van der Waals surface area contributed by atoms with E-state index in [1.54, 1.807) is 0 Å². The summed E-state index contributed by atoms with van der Waals surface area (Å²) in [5.74, 6) is 0. The average Bonchev–Trinajstić information content (AvgIpc) is 3.00. The molecule has 24 heavy (non-hydrogen) atoms. The molecule has 0 fully saturated rings. The Balaban J connectivity index is 0.000000178. The standard InChI is InChI=1S/C12H9N.C11H22/c1-3-7-11-9(5-1)10-6-2-4-8-12(10)13-11;1-3-5-7-9-11-10-8-6-4-2/h1-8,13H;3H,1,4-11H2,2H3. The number of fused-ring (bicyclic) bond motifs is 3. The predicted molar refractivity (Wildman–Crippen MR) is 109 cm³/mol. The van der Waals surface area contributed by atoms with Crippen molar-refractivity contribution >= 4 is 21.8 Å². The molecule has 2 aromatic carbocycles. The second kappa shape index (κ2) is 10.7. The third-order valence-corrected chi connectivity index (χ3v) is 4.43. The van der Waals surface area contributed by atoms with Crippen molar-refractivity contribution < 1.29 is 0 Å². The average molecular weight is 322 g/mol. The van der Waals surface area contributed by atoms with Gasteiger partial charge in [0.15, 0.2) is 0 Å². The minimum Gasteiger partial charge on any atom is -0.355 e. The van der Waals surface area contributed by atoms with Crippen LogP contribution in [0, 0.1) is 0 Å². The highest BCUT2D eigenvalue weighted by Crippen LogP contribution is 2.24. The Morgan fingerprint density at radius 3 is 1.79 bits per heavy atom. The van der Waals surface area contributed by atoms with Crippen molar-refractivity contribution in [3.63, 3.8) is 0 Å². The summed E-state index contributed by atoms with van der Waals surface area (Å²) in [5, 5.41) is 2.61. The number of allylic oxidation sites excluding steroid dienone is 1. The molecule has 0 spiro atoms. The molecule has 0 unspecified atom stereocenters. The summed E-state index contributed by atoms with van der Waals surface area (Å²) in [7, 11) is 0. The molecule has 0 aliphatic rings. The third kappa shape index (κ3) is 5.56. The maximum Gasteiger partial charge on any atom is 0.0464 e. The lowest BCUT2D eigenvalue weighted by atomic mass is 10.1. The van der Waals surface area contributed by atoms with E-state index in [0.717, 1.165) is 0 Å². The molecule has 0 saturated heterocycles. The molecule has 0 radical (unpaired) electrons. The van der Waals surface area contributed by atoms with Crippen molar-refractivity contribution in [2.45, 2.75) is 58.3 Å². The zero-order chi connectivity index (χ0) is 17.0. The molecule has 1 heterocycles. The molecule has 0 atom stereocenters. The number of aromatic amines is 1. The van der Waals surface area contributed by atoms with Crippen LogP contribution < -0.4 is 0 Å². The highest BCUT2D eigenvalue weighted by atomic mass is 14.7. The van der Waals surface area contributed by atoms with Gasteiger partial charge < -0.3 is 4.98 Å². The summed E-state index contributed by atoms with van der Waals surface area (Å²) in [4.78, 5) is 3.38. The van der Waals surface area contributed by atoms with E-state index >= 15 is 0 Å². The Labute approximate surface area is 146 Å². The van der Waals surface area contributed by atoms with Crippen LogP contribution in [0.2, 0.25) is 0 Å². The first-order valence-corrected chi connectivity index (χ1v) is 9.43. The molecule has 3 rings (SSSR count). The molecule has 0 aliphatic carbocycles. The fraction of sp³-hybridized carbons (Fsp3) is 0.391. The lowest BCUT2D eigenvalue weighted by Gasteiger charge is -1.98.